The first-order valence-corrected chi connectivity index (χ1v) is 9.76. The summed E-state index contributed by atoms with van der Waals surface area (Å²) in [7, 11) is 0. The van der Waals surface area contributed by atoms with Gasteiger partial charge < -0.3 is 19.9 Å². The molecule has 3 unspecified atom stereocenters. The smallest absolute Gasteiger partial charge is 0.327 e. The molecule has 1 amide bonds. The number of carbonyl (C=O) groups is 2. The summed E-state index contributed by atoms with van der Waals surface area (Å²) < 4.78 is -0.508. The fraction of sp³-hybridized carbons (Fsp3) is 0.647. The normalized spacial score (nSPS) is 32.1. The van der Waals surface area contributed by atoms with Crippen LogP contribution in [0, 0.1) is 0 Å². The maximum Gasteiger partial charge on any atom is 0.327 e. The lowest BCUT2D eigenvalue weighted by atomic mass is 9.96. The molecule has 4 atom stereocenters. The molecule has 1 aromatic rings. The lowest BCUT2D eigenvalue weighted by Gasteiger charge is -2.41. The lowest BCUT2D eigenvalue weighted by molar-refractivity contribution is -0.158. The van der Waals surface area contributed by atoms with Crippen molar-refractivity contribution < 1.29 is 14.7 Å². The predicted octanol–water partition coefficient (Wildman–Crippen LogP) is 1.55. The number of rotatable bonds is 4. The number of H-pyrrole nitrogens is 1. The van der Waals surface area contributed by atoms with Crippen LogP contribution in [0.3, 0.4) is 0 Å². The zero-order valence-electron chi connectivity index (χ0n) is 15.2. The molecule has 4 rings (SSSR count). The number of hydrogen-bond donors (Lipinski definition) is 2. The number of carbonyl (C=O) groups excluding carboxylic acids is 1. The van der Waals surface area contributed by atoms with Crippen molar-refractivity contribution in [3.8, 4) is 0 Å². The van der Waals surface area contributed by atoms with E-state index in [1.165, 1.54) is 16.7 Å². The number of halogens is 1. The van der Waals surface area contributed by atoms with Gasteiger partial charge in [-0.25, -0.2) is 9.78 Å². The van der Waals surface area contributed by atoms with Crippen LogP contribution in [0.15, 0.2) is 17.4 Å². The Morgan fingerprint density at radius 3 is 2.96 bits per heavy atom. The standard InChI is InChI=1S/C17H23N5O3S.ClH/c1-17(2)12(16(24)25)22-14(23)11(15(22)26-17)20-9-21-7-3-4-10(8-21)13-18-5-6-19-13;/h5-6,9-12,15H,3-4,7-8H2,1-2H3,(H,18,19)(H,24,25);1H/t10?,11?,12-,15?;/m0./s1. The third-order valence-electron chi connectivity index (χ3n) is 5.40. The predicted molar refractivity (Wildman–Crippen MR) is 105 cm³/mol. The highest BCUT2D eigenvalue weighted by Crippen LogP contribution is 2.51. The van der Waals surface area contributed by atoms with Crippen LogP contribution in [-0.4, -0.2) is 78.4 Å². The second-order valence-electron chi connectivity index (χ2n) is 7.62. The molecule has 0 aliphatic carbocycles. The van der Waals surface area contributed by atoms with Gasteiger partial charge in [0.15, 0.2) is 6.04 Å². The number of aromatic amines is 1. The number of hydrogen-bond acceptors (Lipinski definition) is 5. The van der Waals surface area contributed by atoms with Crippen LogP contribution in [0.25, 0.3) is 0 Å². The Morgan fingerprint density at radius 1 is 1.52 bits per heavy atom. The summed E-state index contributed by atoms with van der Waals surface area (Å²) in [5.74, 6) is 0.204. The van der Waals surface area contributed by atoms with Crippen molar-refractivity contribution in [3.63, 3.8) is 0 Å². The first kappa shape index (κ1) is 20.0. The maximum atomic E-state index is 12.5. The van der Waals surface area contributed by atoms with E-state index >= 15 is 0 Å². The summed E-state index contributed by atoms with van der Waals surface area (Å²) in [5.41, 5.74) is 0. The number of carboxylic acid groups (broad SMARTS) is 1. The van der Waals surface area contributed by atoms with Crippen molar-refractivity contribution in [1.29, 1.82) is 0 Å². The Hall–Kier alpha value is -1.74. The minimum Gasteiger partial charge on any atom is -0.480 e. The number of likely N-dealkylation sites (tertiary alicyclic amines) is 1. The molecule has 0 bridgehead atoms. The minimum atomic E-state index is -0.946. The zero-order valence-corrected chi connectivity index (χ0v) is 16.9. The van der Waals surface area contributed by atoms with E-state index in [0.29, 0.717) is 5.92 Å². The molecule has 27 heavy (non-hydrogen) atoms. The summed E-state index contributed by atoms with van der Waals surface area (Å²) in [6.45, 7) is 5.48. The van der Waals surface area contributed by atoms with Gasteiger partial charge in [-0.2, -0.15) is 0 Å². The van der Waals surface area contributed by atoms with E-state index in [2.05, 4.69) is 19.9 Å². The minimum absolute atomic E-state index is 0. The number of carboxylic acids is 1. The summed E-state index contributed by atoms with van der Waals surface area (Å²) in [6, 6.07) is -1.26. The Bertz CT molecular complexity index is 741. The first-order chi connectivity index (χ1) is 12.4. The molecule has 3 saturated heterocycles. The van der Waals surface area contributed by atoms with Gasteiger partial charge in [0, 0.05) is 36.1 Å². The molecule has 0 spiro atoms. The van der Waals surface area contributed by atoms with Crippen LogP contribution in [0.1, 0.15) is 38.4 Å². The van der Waals surface area contributed by atoms with Gasteiger partial charge in [-0.15, -0.1) is 24.2 Å². The number of aromatic nitrogens is 2. The van der Waals surface area contributed by atoms with Gasteiger partial charge in [0.2, 0.25) is 0 Å². The van der Waals surface area contributed by atoms with E-state index in [4.69, 9.17) is 0 Å². The fourth-order valence-corrected chi connectivity index (χ4v) is 5.75. The average Bonchev–Trinajstić information content (AvgIpc) is 3.20. The van der Waals surface area contributed by atoms with Gasteiger partial charge in [-0.3, -0.25) is 9.79 Å². The molecule has 4 heterocycles. The Morgan fingerprint density at radius 2 is 2.30 bits per heavy atom. The molecule has 3 aliphatic rings. The average molecular weight is 414 g/mol. The highest BCUT2D eigenvalue weighted by atomic mass is 35.5. The Labute approximate surface area is 168 Å². The molecule has 1 aromatic heterocycles. The number of piperidine rings is 1. The number of aliphatic imine (C=N–C) groups is 1. The van der Waals surface area contributed by atoms with E-state index in [-0.39, 0.29) is 23.7 Å². The van der Waals surface area contributed by atoms with Crippen molar-refractivity contribution in [2.45, 2.75) is 54.8 Å². The van der Waals surface area contributed by atoms with Crippen molar-refractivity contribution in [1.82, 2.24) is 19.8 Å². The van der Waals surface area contributed by atoms with Crippen molar-refractivity contribution in [3.05, 3.63) is 18.2 Å². The third-order valence-corrected chi connectivity index (χ3v) is 6.95. The van der Waals surface area contributed by atoms with Gasteiger partial charge in [0.25, 0.3) is 5.91 Å². The molecule has 0 saturated carbocycles. The van der Waals surface area contributed by atoms with Gasteiger partial charge in [0.05, 0.1) is 6.34 Å². The van der Waals surface area contributed by atoms with Gasteiger partial charge in [0.1, 0.15) is 17.2 Å². The SMILES string of the molecule is CC1(C)SC2C(N=CN3CCCC(c4ncc[nH]4)C3)C(=O)N2[C@H]1C(=O)O.Cl. The van der Waals surface area contributed by atoms with Crippen LogP contribution >= 0.6 is 24.2 Å². The van der Waals surface area contributed by atoms with Crippen LogP contribution in [0.2, 0.25) is 0 Å². The number of β-lactam (4-membered cyclic amide) rings is 1. The molecule has 10 heteroatoms. The van der Waals surface area contributed by atoms with E-state index in [1.54, 1.807) is 12.5 Å². The number of thioether (sulfide) groups is 1. The van der Waals surface area contributed by atoms with Crippen molar-refractivity contribution in [2.24, 2.45) is 4.99 Å². The fourth-order valence-electron chi connectivity index (χ4n) is 4.13. The van der Waals surface area contributed by atoms with Crippen molar-refractivity contribution >= 4 is 42.4 Å². The van der Waals surface area contributed by atoms with Gasteiger partial charge in [-0.05, 0) is 26.7 Å². The maximum absolute atomic E-state index is 12.5. The second-order valence-corrected chi connectivity index (χ2v) is 9.39. The van der Waals surface area contributed by atoms with Crippen molar-refractivity contribution in [2.75, 3.05) is 13.1 Å². The number of amides is 1. The quantitative estimate of drug-likeness (QED) is 0.441. The molecular formula is C17H24ClN5O3S. The van der Waals surface area contributed by atoms with E-state index in [9.17, 15) is 14.7 Å². The van der Waals surface area contributed by atoms with Crippen LogP contribution in [-0.2, 0) is 9.59 Å². The number of fused-ring (bicyclic) bond motifs is 1. The topological polar surface area (TPSA) is 102 Å². The Balaban J connectivity index is 0.00000210. The first-order valence-electron chi connectivity index (χ1n) is 8.88. The number of nitrogens with one attached hydrogen (secondary N) is 1. The van der Waals surface area contributed by atoms with Crippen LogP contribution < -0.4 is 0 Å². The highest BCUT2D eigenvalue weighted by molar-refractivity contribution is 8.01. The Kier molecular flexibility index (Phi) is 5.45. The number of nitrogens with zero attached hydrogens (tertiary/aromatic N) is 4. The second kappa shape index (κ2) is 7.35. The van der Waals surface area contributed by atoms with Gasteiger partial charge >= 0.3 is 5.97 Å². The molecule has 0 aromatic carbocycles. The molecule has 148 valence electrons. The van der Waals surface area contributed by atoms with Crippen LogP contribution in [0.5, 0.6) is 0 Å². The number of imidazole rings is 1. The van der Waals surface area contributed by atoms with E-state index in [1.807, 2.05) is 20.0 Å². The molecule has 0 radical (unpaired) electrons. The summed E-state index contributed by atoms with van der Waals surface area (Å²) in [5, 5.41) is 9.29. The molecular weight excluding hydrogens is 390 g/mol. The zero-order chi connectivity index (χ0) is 18.5. The lowest BCUT2D eigenvalue weighted by Crippen LogP contribution is -2.65. The molecule has 3 fully saturated rings. The monoisotopic (exact) mass is 413 g/mol. The third kappa shape index (κ3) is 3.42. The van der Waals surface area contributed by atoms with E-state index in [0.717, 1.165) is 31.8 Å². The molecule has 2 N–H and O–H groups in total. The summed E-state index contributed by atoms with van der Waals surface area (Å²) >= 11 is 1.53. The summed E-state index contributed by atoms with van der Waals surface area (Å²) in [6.07, 6.45) is 7.51. The molecule has 3 aliphatic heterocycles. The van der Waals surface area contributed by atoms with E-state index < -0.39 is 22.8 Å². The summed E-state index contributed by atoms with van der Waals surface area (Å²) in [4.78, 5) is 39.7. The van der Waals surface area contributed by atoms with Gasteiger partial charge in [-0.1, -0.05) is 0 Å². The number of aliphatic carboxylic acids is 1. The highest BCUT2D eigenvalue weighted by Gasteiger charge is 2.63. The largest absolute Gasteiger partial charge is 0.480 e. The van der Waals surface area contributed by atoms with Crippen LogP contribution in [0.4, 0.5) is 0 Å². The molecule has 8 nitrogen and oxygen atoms in total.